The molecular formula is C17H36O4Si4. The average molecular weight is 417 g/mol. The minimum atomic E-state index is -2.00. The summed E-state index contributed by atoms with van der Waals surface area (Å²) in [7, 11) is -8.00. The predicted octanol–water partition coefficient (Wildman–Crippen LogP) is 4.16. The summed E-state index contributed by atoms with van der Waals surface area (Å²) in [6, 6.07) is 0. The van der Waals surface area contributed by atoms with Gasteiger partial charge in [-0.05, 0) is 62.0 Å². The molecule has 0 atom stereocenters. The van der Waals surface area contributed by atoms with Crippen LogP contribution in [0.5, 0.6) is 0 Å². The highest BCUT2D eigenvalue weighted by molar-refractivity contribution is 7.01. The molecule has 0 bridgehead atoms. The Kier molecular flexibility index (Phi) is 5.72. The Labute approximate surface area is 158 Å². The van der Waals surface area contributed by atoms with Gasteiger partial charge in [-0.2, -0.15) is 0 Å². The van der Waals surface area contributed by atoms with Gasteiger partial charge in [0.2, 0.25) is 33.3 Å². The van der Waals surface area contributed by atoms with Gasteiger partial charge < -0.3 is 17.7 Å². The van der Waals surface area contributed by atoms with Gasteiger partial charge in [0.1, 0.15) is 0 Å². The molecule has 2 rings (SSSR count). The van der Waals surface area contributed by atoms with Crippen molar-refractivity contribution in [1.29, 1.82) is 0 Å². The Balaban J connectivity index is 2.33. The van der Waals surface area contributed by atoms with Gasteiger partial charge in [-0.15, -0.1) is 13.2 Å². The molecular weight excluding hydrogens is 381 g/mol. The van der Waals surface area contributed by atoms with E-state index >= 15 is 0 Å². The molecule has 8 heteroatoms. The summed E-state index contributed by atoms with van der Waals surface area (Å²) < 4.78 is 26.1. The molecule has 2 saturated heterocycles. The van der Waals surface area contributed by atoms with E-state index < -0.39 is 33.3 Å². The molecule has 2 fully saturated rings. The van der Waals surface area contributed by atoms with Gasteiger partial charge in [-0.1, -0.05) is 0 Å². The van der Waals surface area contributed by atoms with Gasteiger partial charge in [-0.3, -0.25) is 0 Å². The predicted molar refractivity (Wildman–Crippen MR) is 114 cm³/mol. The lowest BCUT2D eigenvalue weighted by atomic mass is 9.93. The van der Waals surface area contributed by atoms with E-state index in [-0.39, 0.29) is 5.41 Å². The minimum Gasteiger partial charge on any atom is -0.413 e. The smallest absolute Gasteiger partial charge is 0.212 e. The summed E-state index contributed by atoms with van der Waals surface area (Å²) in [4.78, 5) is 2.47. The van der Waals surface area contributed by atoms with Crippen molar-refractivity contribution in [1.82, 2.24) is 0 Å². The average Bonchev–Trinajstić information content (AvgIpc) is 2.50. The van der Waals surface area contributed by atoms with Crippen LogP contribution in [0.1, 0.15) is 0 Å². The summed E-state index contributed by atoms with van der Waals surface area (Å²) in [5.41, 5.74) is -0.232. The van der Waals surface area contributed by atoms with Crippen molar-refractivity contribution < 1.29 is 17.7 Å². The van der Waals surface area contributed by atoms with Gasteiger partial charge in [-0.25, -0.2) is 0 Å². The third kappa shape index (κ3) is 4.37. The van der Waals surface area contributed by atoms with Crippen molar-refractivity contribution in [2.24, 2.45) is 5.41 Å². The van der Waals surface area contributed by atoms with E-state index in [9.17, 15) is 0 Å². The summed E-state index contributed by atoms with van der Waals surface area (Å²) >= 11 is 0. The zero-order chi connectivity index (χ0) is 19.3. The molecule has 0 amide bonds. The highest BCUT2D eigenvalue weighted by Gasteiger charge is 2.50. The van der Waals surface area contributed by atoms with Crippen LogP contribution in [0.2, 0.25) is 52.4 Å². The Morgan fingerprint density at radius 2 is 0.760 bits per heavy atom. The van der Waals surface area contributed by atoms with Crippen molar-refractivity contribution >= 4 is 33.3 Å². The highest BCUT2D eigenvalue weighted by atomic mass is 28.4. The maximum atomic E-state index is 6.51. The van der Waals surface area contributed by atoms with Gasteiger partial charge in [0.25, 0.3) is 0 Å². The Morgan fingerprint density at radius 3 is 0.960 bits per heavy atom. The summed E-state index contributed by atoms with van der Waals surface area (Å²) in [5, 5.41) is 0. The second-order valence-corrected chi connectivity index (χ2v) is 26.3. The standard InChI is InChI=1S/C17H36O4Si4/c1-15-22(3,4)18-11-17(12-19-23(15,5)6)13-20-24(7,8)16(2)25(9,10)21-14-17/h1-2,11-14H2,3-10H3. The van der Waals surface area contributed by atoms with E-state index in [1.807, 2.05) is 0 Å². The molecule has 2 aliphatic heterocycles. The first-order valence-corrected chi connectivity index (χ1v) is 20.7. The second-order valence-electron chi connectivity index (χ2n) is 9.65. The van der Waals surface area contributed by atoms with E-state index in [4.69, 9.17) is 17.7 Å². The molecule has 2 heterocycles. The summed E-state index contributed by atoms with van der Waals surface area (Å²) in [6.07, 6.45) is 0. The molecule has 0 saturated carbocycles. The van der Waals surface area contributed by atoms with Crippen molar-refractivity contribution in [3.05, 3.63) is 22.8 Å². The Hall–Kier alpha value is 0.188. The molecule has 0 aromatic carbocycles. The van der Waals surface area contributed by atoms with Gasteiger partial charge >= 0.3 is 0 Å². The zero-order valence-corrected chi connectivity index (χ0v) is 21.4. The van der Waals surface area contributed by atoms with Crippen LogP contribution in [0.15, 0.2) is 22.8 Å². The molecule has 25 heavy (non-hydrogen) atoms. The number of hydrogen-bond acceptors (Lipinski definition) is 4. The van der Waals surface area contributed by atoms with Crippen molar-refractivity contribution in [2.75, 3.05) is 26.4 Å². The molecule has 2 aliphatic rings. The molecule has 4 nitrogen and oxygen atoms in total. The van der Waals surface area contributed by atoms with Crippen LogP contribution in [-0.4, -0.2) is 59.7 Å². The first-order valence-electron chi connectivity index (χ1n) is 9.09. The van der Waals surface area contributed by atoms with Crippen LogP contribution in [0.4, 0.5) is 0 Å². The molecule has 0 aliphatic carbocycles. The number of rotatable bonds is 0. The first kappa shape index (κ1) is 21.5. The second kappa shape index (κ2) is 6.66. The molecule has 0 aromatic heterocycles. The lowest BCUT2D eigenvalue weighted by molar-refractivity contribution is -0.0165. The van der Waals surface area contributed by atoms with Crippen molar-refractivity contribution in [2.45, 2.75) is 52.4 Å². The quantitative estimate of drug-likeness (QED) is 0.556. The SMILES string of the molecule is C=C1[Si](C)(C)OCC2(CO[Si]1(C)C)CO[Si](C)(C)C(=C)[Si](C)(C)OC2. The molecule has 144 valence electrons. The van der Waals surface area contributed by atoms with E-state index in [1.54, 1.807) is 0 Å². The van der Waals surface area contributed by atoms with Crippen molar-refractivity contribution in [3.63, 3.8) is 0 Å². The first-order chi connectivity index (χ1) is 11.1. The van der Waals surface area contributed by atoms with E-state index in [0.717, 1.165) is 0 Å². The fourth-order valence-corrected chi connectivity index (χ4v) is 19.2. The van der Waals surface area contributed by atoms with Gasteiger partial charge in [0.05, 0.1) is 5.41 Å². The third-order valence-corrected chi connectivity index (χ3v) is 22.4. The maximum Gasteiger partial charge on any atom is 0.212 e. The van der Waals surface area contributed by atoms with Gasteiger partial charge in [0.15, 0.2) is 0 Å². The lowest BCUT2D eigenvalue weighted by Crippen LogP contribution is -2.60. The Morgan fingerprint density at radius 1 is 0.560 bits per heavy atom. The molecule has 0 radical (unpaired) electrons. The molecule has 1 spiro atoms. The summed E-state index contributed by atoms with van der Waals surface area (Å²) in [5.74, 6) is 0. The van der Waals surface area contributed by atoms with Crippen LogP contribution in [0, 0.1) is 5.41 Å². The summed E-state index contributed by atoms with van der Waals surface area (Å²) in [6.45, 7) is 29.1. The van der Waals surface area contributed by atoms with E-state index in [0.29, 0.717) is 26.4 Å². The fourth-order valence-electron chi connectivity index (χ4n) is 3.38. The molecule has 0 N–H and O–H groups in total. The maximum absolute atomic E-state index is 6.51. The monoisotopic (exact) mass is 416 g/mol. The van der Waals surface area contributed by atoms with Gasteiger partial charge in [0, 0.05) is 26.4 Å². The lowest BCUT2D eigenvalue weighted by Gasteiger charge is -2.48. The fraction of sp³-hybridized carbons (Fsp3) is 0.765. The molecule has 0 unspecified atom stereocenters. The van der Waals surface area contributed by atoms with Crippen molar-refractivity contribution in [3.8, 4) is 0 Å². The normalized spacial score (nSPS) is 30.9. The van der Waals surface area contributed by atoms with E-state index in [1.165, 1.54) is 9.64 Å². The molecule has 0 aromatic rings. The van der Waals surface area contributed by atoms with Crippen LogP contribution in [0.25, 0.3) is 0 Å². The van der Waals surface area contributed by atoms with Crippen LogP contribution < -0.4 is 0 Å². The van der Waals surface area contributed by atoms with Crippen LogP contribution >= 0.6 is 0 Å². The Bertz CT molecular complexity index is 471. The minimum absolute atomic E-state index is 0.232. The third-order valence-electron chi connectivity index (χ3n) is 5.86. The zero-order valence-electron chi connectivity index (χ0n) is 17.4. The number of hydrogen-bond donors (Lipinski definition) is 0. The largest absolute Gasteiger partial charge is 0.413 e. The topological polar surface area (TPSA) is 36.9 Å². The van der Waals surface area contributed by atoms with Crippen LogP contribution in [0.3, 0.4) is 0 Å². The van der Waals surface area contributed by atoms with Crippen LogP contribution in [-0.2, 0) is 17.7 Å². The van der Waals surface area contributed by atoms with E-state index in [2.05, 4.69) is 65.5 Å². The highest BCUT2D eigenvalue weighted by Crippen LogP contribution is 2.37.